The van der Waals surface area contributed by atoms with Crippen LogP contribution in [-0.2, 0) is 20.9 Å². The molecule has 5 nitrogen and oxygen atoms in total. The second-order valence-electron chi connectivity index (χ2n) is 5.86. The fraction of sp³-hybridized carbons (Fsp3) is 0.467. The maximum atomic E-state index is 12.2. The van der Waals surface area contributed by atoms with E-state index in [2.05, 4.69) is 5.32 Å². The van der Waals surface area contributed by atoms with Gasteiger partial charge in [-0.15, -0.1) is 0 Å². The third-order valence-corrected chi connectivity index (χ3v) is 2.97. The van der Waals surface area contributed by atoms with Crippen LogP contribution in [0.25, 0.3) is 0 Å². The van der Waals surface area contributed by atoms with Gasteiger partial charge in [-0.3, -0.25) is 9.59 Å². The summed E-state index contributed by atoms with van der Waals surface area (Å²) in [5.41, 5.74) is 1.33. The highest BCUT2D eigenvalue weighted by Gasteiger charge is 2.24. The molecule has 0 aliphatic carbocycles. The first kappa shape index (κ1) is 14.5. The first-order chi connectivity index (χ1) is 9.35. The van der Waals surface area contributed by atoms with Gasteiger partial charge in [-0.05, 0) is 32.4 Å². The van der Waals surface area contributed by atoms with Gasteiger partial charge in [-0.25, -0.2) is 0 Å². The lowest BCUT2D eigenvalue weighted by molar-refractivity contribution is -0.143. The number of ether oxygens (including phenoxy) is 1. The van der Waals surface area contributed by atoms with Crippen molar-refractivity contribution in [1.29, 1.82) is 0 Å². The number of benzene rings is 1. The van der Waals surface area contributed by atoms with Gasteiger partial charge in [-0.1, -0.05) is 18.2 Å². The molecule has 0 fully saturated rings. The molecule has 1 N–H and O–H groups in total. The van der Waals surface area contributed by atoms with Crippen molar-refractivity contribution in [3.63, 3.8) is 0 Å². The minimum atomic E-state index is -0.373. The number of fused-ring (bicyclic) bond motifs is 1. The molecule has 0 bridgehead atoms. The SMILES string of the molecule is CC(C)(C)OCC(=O)N1CC(=O)Nc2ccccc2C1. The number of rotatable bonds is 2. The Labute approximate surface area is 118 Å². The summed E-state index contributed by atoms with van der Waals surface area (Å²) >= 11 is 0. The zero-order valence-corrected chi connectivity index (χ0v) is 12.1. The fourth-order valence-corrected chi connectivity index (χ4v) is 1.95. The Balaban J connectivity index is 2.09. The lowest BCUT2D eigenvalue weighted by atomic mass is 10.1. The van der Waals surface area contributed by atoms with E-state index >= 15 is 0 Å². The standard InChI is InChI=1S/C15H20N2O3/c1-15(2,3)20-10-14(19)17-8-11-6-4-5-7-12(11)16-13(18)9-17/h4-7H,8-10H2,1-3H3,(H,16,18). The summed E-state index contributed by atoms with van der Waals surface area (Å²) < 4.78 is 5.49. The van der Waals surface area contributed by atoms with Gasteiger partial charge in [0.05, 0.1) is 5.60 Å². The fourth-order valence-electron chi connectivity index (χ4n) is 1.95. The average molecular weight is 276 g/mol. The number of nitrogens with one attached hydrogen (secondary N) is 1. The van der Waals surface area contributed by atoms with Crippen molar-refractivity contribution in [2.24, 2.45) is 0 Å². The van der Waals surface area contributed by atoms with E-state index in [4.69, 9.17) is 4.74 Å². The molecule has 1 aromatic rings. The molecule has 0 saturated carbocycles. The highest BCUT2D eigenvalue weighted by Crippen LogP contribution is 2.20. The van der Waals surface area contributed by atoms with Crippen LogP contribution >= 0.6 is 0 Å². The van der Waals surface area contributed by atoms with Gasteiger partial charge in [0, 0.05) is 12.2 Å². The van der Waals surface area contributed by atoms with Crippen molar-refractivity contribution in [3.8, 4) is 0 Å². The molecule has 0 spiro atoms. The molecular formula is C15H20N2O3. The van der Waals surface area contributed by atoms with Gasteiger partial charge in [0.1, 0.15) is 13.2 Å². The van der Waals surface area contributed by atoms with Crippen molar-refractivity contribution >= 4 is 17.5 Å². The number of hydrogen-bond acceptors (Lipinski definition) is 3. The van der Waals surface area contributed by atoms with E-state index in [0.29, 0.717) is 6.54 Å². The van der Waals surface area contributed by atoms with E-state index < -0.39 is 0 Å². The maximum absolute atomic E-state index is 12.2. The van der Waals surface area contributed by atoms with Crippen LogP contribution in [0.5, 0.6) is 0 Å². The maximum Gasteiger partial charge on any atom is 0.249 e. The van der Waals surface area contributed by atoms with E-state index in [-0.39, 0.29) is 30.6 Å². The van der Waals surface area contributed by atoms with Crippen LogP contribution in [0.3, 0.4) is 0 Å². The van der Waals surface area contributed by atoms with Crippen LogP contribution in [0.4, 0.5) is 5.69 Å². The van der Waals surface area contributed by atoms with Crippen molar-refractivity contribution in [2.75, 3.05) is 18.5 Å². The van der Waals surface area contributed by atoms with Gasteiger partial charge < -0.3 is 15.0 Å². The summed E-state index contributed by atoms with van der Waals surface area (Å²) in [6, 6.07) is 7.50. The van der Waals surface area contributed by atoms with E-state index in [1.54, 1.807) is 0 Å². The minimum absolute atomic E-state index is 0.0149. The molecule has 0 atom stereocenters. The Morgan fingerprint density at radius 1 is 1.30 bits per heavy atom. The van der Waals surface area contributed by atoms with E-state index in [0.717, 1.165) is 11.3 Å². The quantitative estimate of drug-likeness (QED) is 0.895. The third kappa shape index (κ3) is 3.81. The first-order valence-corrected chi connectivity index (χ1v) is 6.65. The summed E-state index contributed by atoms with van der Waals surface area (Å²) in [6.45, 7) is 6.14. The number of carbonyl (C=O) groups excluding carboxylic acids is 2. The molecule has 1 aliphatic rings. The smallest absolute Gasteiger partial charge is 0.249 e. The lowest BCUT2D eigenvalue weighted by Crippen LogP contribution is -2.39. The van der Waals surface area contributed by atoms with Gasteiger partial charge >= 0.3 is 0 Å². The number of hydrogen-bond donors (Lipinski definition) is 1. The van der Waals surface area contributed by atoms with Crippen molar-refractivity contribution in [1.82, 2.24) is 4.90 Å². The molecule has 0 radical (unpaired) electrons. The molecule has 20 heavy (non-hydrogen) atoms. The van der Waals surface area contributed by atoms with Crippen LogP contribution in [0.1, 0.15) is 26.3 Å². The van der Waals surface area contributed by atoms with Gasteiger partial charge in [0.15, 0.2) is 0 Å². The molecule has 108 valence electrons. The number of anilines is 1. The van der Waals surface area contributed by atoms with Gasteiger partial charge in [0.2, 0.25) is 11.8 Å². The van der Waals surface area contributed by atoms with Crippen molar-refractivity contribution in [3.05, 3.63) is 29.8 Å². The molecule has 1 aromatic carbocycles. The number of carbonyl (C=O) groups is 2. The third-order valence-electron chi connectivity index (χ3n) is 2.97. The highest BCUT2D eigenvalue weighted by atomic mass is 16.5. The summed E-state index contributed by atoms with van der Waals surface area (Å²) in [5, 5.41) is 2.81. The topological polar surface area (TPSA) is 58.6 Å². The molecule has 2 rings (SSSR count). The van der Waals surface area contributed by atoms with Gasteiger partial charge in [-0.2, -0.15) is 0 Å². The van der Waals surface area contributed by atoms with Gasteiger partial charge in [0.25, 0.3) is 0 Å². The molecule has 1 heterocycles. The second kappa shape index (κ2) is 5.63. The molecule has 0 saturated heterocycles. The molecule has 0 unspecified atom stereocenters. The lowest BCUT2D eigenvalue weighted by Gasteiger charge is -2.23. The number of nitrogens with zero attached hydrogens (tertiary/aromatic N) is 1. The Morgan fingerprint density at radius 3 is 2.70 bits per heavy atom. The van der Waals surface area contributed by atoms with Crippen LogP contribution in [0.2, 0.25) is 0 Å². The first-order valence-electron chi connectivity index (χ1n) is 6.65. The minimum Gasteiger partial charge on any atom is -0.366 e. The Morgan fingerprint density at radius 2 is 2.00 bits per heavy atom. The van der Waals surface area contributed by atoms with E-state index in [1.165, 1.54) is 4.90 Å². The molecule has 2 amide bonds. The van der Waals surface area contributed by atoms with E-state index in [1.807, 2.05) is 45.0 Å². The summed E-state index contributed by atoms with van der Waals surface area (Å²) in [6.07, 6.45) is 0. The molecular weight excluding hydrogens is 256 g/mol. The number of para-hydroxylation sites is 1. The summed E-state index contributed by atoms with van der Waals surface area (Å²) in [5.74, 6) is -0.356. The van der Waals surface area contributed by atoms with Crippen LogP contribution < -0.4 is 5.32 Å². The zero-order chi connectivity index (χ0) is 14.8. The monoisotopic (exact) mass is 276 g/mol. The van der Waals surface area contributed by atoms with Crippen LogP contribution in [-0.4, -0.2) is 35.5 Å². The largest absolute Gasteiger partial charge is 0.366 e. The Bertz CT molecular complexity index is 520. The van der Waals surface area contributed by atoms with Crippen molar-refractivity contribution in [2.45, 2.75) is 32.9 Å². The molecule has 5 heteroatoms. The molecule has 1 aliphatic heterocycles. The summed E-state index contributed by atoms with van der Waals surface area (Å²) in [7, 11) is 0. The average Bonchev–Trinajstić information content (AvgIpc) is 2.52. The van der Waals surface area contributed by atoms with Crippen LogP contribution in [0.15, 0.2) is 24.3 Å². The predicted octanol–water partition coefficient (Wildman–Crippen LogP) is 1.78. The predicted molar refractivity (Wildman–Crippen MR) is 76.2 cm³/mol. The van der Waals surface area contributed by atoms with E-state index in [9.17, 15) is 9.59 Å². The normalized spacial score (nSPS) is 15.3. The van der Waals surface area contributed by atoms with Crippen molar-refractivity contribution < 1.29 is 14.3 Å². The second-order valence-corrected chi connectivity index (χ2v) is 5.86. The molecule has 0 aromatic heterocycles. The Hall–Kier alpha value is -1.88. The zero-order valence-electron chi connectivity index (χ0n) is 12.1. The Kier molecular flexibility index (Phi) is 4.09. The number of amides is 2. The highest BCUT2D eigenvalue weighted by molar-refractivity contribution is 5.96. The van der Waals surface area contributed by atoms with Crippen LogP contribution in [0, 0.1) is 0 Å². The summed E-state index contributed by atoms with van der Waals surface area (Å²) in [4.78, 5) is 25.5.